The number of carbonyl (C=O) groups excluding carboxylic acids is 1. The lowest BCUT2D eigenvalue weighted by atomic mass is 9.78. The highest BCUT2D eigenvalue weighted by Gasteiger charge is 2.35. The van der Waals surface area contributed by atoms with Crippen molar-refractivity contribution in [2.75, 3.05) is 0 Å². The SMILES string of the molecule is O=C1CCC1c1cc(C(F)(F)F)ccc1Cl. The Bertz CT molecular complexity index is 439. The van der Waals surface area contributed by atoms with Crippen LogP contribution in [0.15, 0.2) is 18.2 Å². The molecule has 1 aromatic rings. The molecule has 1 aliphatic carbocycles. The van der Waals surface area contributed by atoms with Gasteiger partial charge in [-0.1, -0.05) is 11.6 Å². The van der Waals surface area contributed by atoms with E-state index in [1.165, 1.54) is 6.07 Å². The summed E-state index contributed by atoms with van der Waals surface area (Å²) in [6.07, 6.45) is -3.39. The Morgan fingerprint density at radius 3 is 2.44 bits per heavy atom. The summed E-state index contributed by atoms with van der Waals surface area (Å²) in [4.78, 5) is 11.2. The summed E-state index contributed by atoms with van der Waals surface area (Å²) in [5.74, 6) is -0.490. The molecule has 86 valence electrons. The zero-order valence-electron chi connectivity index (χ0n) is 8.14. The van der Waals surface area contributed by atoms with E-state index in [0.29, 0.717) is 18.4 Å². The van der Waals surface area contributed by atoms with E-state index in [-0.39, 0.29) is 10.8 Å². The molecule has 1 saturated carbocycles. The average molecular weight is 249 g/mol. The van der Waals surface area contributed by atoms with Crippen LogP contribution in [0.5, 0.6) is 0 Å². The van der Waals surface area contributed by atoms with E-state index < -0.39 is 17.7 Å². The van der Waals surface area contributed by atoms with E-state index in [9.17, 15) is 18.0 Å². The molecule has 0 saturated heterocycles. The Hall–Kier alpha value is -1.03. The first-order valence-electron chi connectivity index (χ1n) is 4.79. The third kappa shape index (κ3) is 1.94. The summed E-state index contributed by atoms with van der Waals surface area (Å²) < 4.78 is 37.4. The van der Waals surface area contributed by atoms with Crippen LogP contribution in [0.3, 0.4) is 0 Å². The van der Waals surface area contributed by atoms with Crippen LogP contribution in [-0.2, 0) is 11.0 Å². The summed E-state index contributed by atoms with van der Waals surface area (Å²) in [6.45, 7) is 0. The van der Waals surface area contributed by atoms with Crippen molar-refractivity contribution in [3.63, 3.8) is 0 Å². The molecule has 1 aromatic carbocycles. The summed E-state index contributed by atoms with van der Waals surface area (Å²) in [5.41, 5.74) is -0.459. The van der Waals surface area contributed by atoms with Gasteiger partial charge in [-0.25, -0.2) is 0 Å². The Balaban J connectivity index is 2.41. The molecule has 0 aliphatic heterocycles. The number of rotatable bonds is 1. The van der Waals surface area contributed by atoms with Gasteiger partial charge in [-0.05, 0) is 30.2 Å². The second-order valence-corrected chi connectivity index (χ2v) is 4.20. The smallest absolute Gasteiger partial charge is 0.299 e. The van der Waals surface area contributed by atoms with Crippen LogP contribution in [-0.4, -0.2) is 5.78 Å². The second kappa shape index (κ2) is 3.77. The van der Waals surface area contributed by atoms with Crippen LogP contribution in [0.1, 0.15) is 29.9 Å². The van der Waals surface area contributed by atoms with E-state index in [4.69, 9.17) is 11.6 Å². The van der Waals surface area contributed by atoms with Crippen LogP contribution < -0.4 is 0 Å². The van der Waals surface area contributed by atoms with Gasteiger partial charge in [0.05, 0.1) is 5.56 Å². The number of halogens is 4. The van der Waals surface area contributed by atoms with Gasteiger partial charge in [0.1, 0.15) is 5.78 Å². The van der Waals surface area contributed by atoms with Gasteiger partial charge in [0.15, 0.2) is 0 Å². The standard InChI is InChI=1S/C11H8ClF3O/c12-9-3-1-6(11(13,14)15)5-8(9)7-2-4-10(7)16/h1,3,5,7H,2,4H2. The third-order valence-electron chi connectivity index (χ3n) is 2.77. The number of Topliss-reactive ketones (excluding diaryl/α,β-unsaturated/α-hetero) is 1. The minimum atomic E-state index is -4.40. The van der Waals surface area contributed by atoms with E-state index in [2.05, 4.69) is 0 Å². The maximum atomic E-state index is 12.5. The fraction of sp³-hybridized carbons (Fsp3) is 0.364. The van der Waals surface area contributed by atoms with Crippen molar-refractivity contribution < 1.29 is 18.0 Å². The summed E-state index contributed by atoms with van der Waals surface area (Å²) in [7, 11) is 0. The summed E-state index contributed by atoms with van der Waals surface area (Å²) in [5, 5.41) is 0.228. The van der Waals surface area contributed by atoms with E-state index >= 15 is 0 Å². The number of alkyl halides is 3. The lowest BCUT2D eigenvalue weighted by Crippen LogP contribution is -2.24. The number of ketones is 1. The minimum absolute atomic E-state index is 0.0405. The molecule has 1 aliphatic rings. The molecule has 1 atom stereocenters. The van der Waals surface area contributed by atoms with Crippen LogP contribution in [0.2, 0.25) is 5.02 Å². The molecule has 16 heavy (non-hydrogen) atoms. The zero-order valence-corrected chi connectivity index (χ0v) is 8.90. The maximum Gasteiger partial charge on any atom is 0.416 e. The maximum absolute atomic E-state index is 12.5. The van der Waals surface area contributed by atoms with Crippen LogP contribution in [0, 0.1) is 0 Å². The average Bonchev–Trinajstić information content (AvgIpc) is 2.17. The molecule has 0 N–H and O–H groups in total. The van der Waals surface area contributed by atoms with Crippen LogP contribution >= 0.6 is 11.6 Å². The quantitative estimate of drug-likeness (QED) is 0.739. The van der Waals surface area contributed by atoms with Crippen molar-refractivity contribution in [2.24, 2.45) is 0 Å². The van der Waals surface area contributed by atoms with E-state index in [1.807, 2.05) is 0 Å². The Kier molecular flexibility index (Phi) is 2.70. The van der Waals surface area contributed by atoms with Crippen LogP contribution in [0.4, 0.5) is 13.2 Å². The highest BCUT2D eigenvalue weighted by molar-refractivity contribution is 6.31. The lowest BCUT2D eigenvalue weighted by Gasteiger charge is -2.25. The van der Waals surface area contributed by atoms with Crippen molar-refractivity contribution in [1.82, 2.24) is 0 Å². The molecular weight excluding hydrogens is 241 g/mol. The molecule has 0 heterocycles. The first-order valence-corrected chi connectivity index (χ1v) is 5.17. The number of carbonyl (C=O) groups is 1. The van der Waals surface area contributed by atoms with E-state index in [1.54, 1.807) is 0 Å². The predicted octanol–water partition coefficient (Wildman–Crippen LogP) is 3.81. The fourth-order valence-electron chi connectivity index (χ4n) is 1.72. The largest absolute Gasteiger partial charge is 0.416 e. The Morgan fingerprint density at radius 1 is 1.31 bits per heavy atom. The highest BCUT2D eigenvalue weighted by Crippen LogP contribution is 2.40. The first-order chi connectivity index (χ1) is 7.39. The third-order valence-corrected chi connectivity index (χ3v) is 3.11. The van der Waals surface area contributed by atoms with Gasteiger partial charge >= 0.3 is 6.18 Å². The predicted molar refractivity (Wildman–Crippen MR) is 53.4 cm³/mol. The van der Waals surface area contributed by atoms with Gasteiger partial charge in [0.25, 0.3) is 0 Å². The Morgan fingerprint density at radius 2 is 2.00 bits per heavy atom. The van der Waals surface area contributed by atoms with Crippen molar-refractivity contribution in [1.29, 1.82) is 0 Å². The van der Waals surface area contributed by atoms with Gasteiger partial charge in [0.2, 0.25) is 0 Å². The van der Waals surface area contributed by atoms with E-state index in [0.717, 1.165) is 12.1 Å². The van der Waals surface area contributed by atoms with Crippen LogP contribution in [0.25, 0.3) is 0 Å². The number of benzene rings is 1. The molecular formula is C11H8ClF3O. The summed E-state index contributed by atoms with van der Waals surface area (Å²) in [6, 6.07) is 3.10. The molecule has 0 amide bonds. The molecule has 1 fully saturated rings. The van der Waals surface area contributed by atoms with Gasteiger partial charge in [0, 0.05) is 17.4 Å². The molecule has 0 spiro atoms. The topological polar surface area (TPSA) is 17.1 Å². The molecule has 0 bridgehead atoms. The number of hydrogen-bond donors (Lipinski definition) is 0. The molecule has 0 aromatic heterocycles. The number of hydrogen-bond acceptors (Lipinski definition) is 1. The van der Waals surface area contributed by atoms with Crippen molar-refractivity contribution in [2.45, 2.75) is 24.9 Å². The van der Waals surface area contributed by atoms with Gasteiger partial charge in [-0.2, -0.15) is 13.2 Å². The van der Waals surface area contributed by atoms with Crippen molar-refractivity contribution in [3.05, 3.63) is 34.3 Å². The lowest BCUT2D eigenvalue weighted by molar-refractivity contribution is -0.137. The molecule has 1 nitrogen and oxygen atoms in total. The monoisotopic (exact) mass is 248 g/mol. The molecule has 1 unspecified atom stereocenters. The normalized spacial score (nSPS) is 20.8. The minimum Gasteiger partial charge on any atom is -0.299 e. The Labute approximate surface area is 95.2 Å². The first kappa shape index (κ1) is 11.5. The van der Waals surface area contributed by atoms with Crippen molar-refractivity contribution >= 4 is 17.4 Å². The highest BCUT2D eigenvalue weighted by atomic mass is 35.5. The zero-order chi connectivity index (χ0) is 11.9. The van der Waals surface area contributed by atoms with Gasteiger partial charge in [-0.15, -0.1) is 0 Å². The molecule has 5 heteroatoms. The van der Waals surface area contributed by atoms with Gasteiger partial charge < -0.3 is 0 Å². The second-order valence-electron chi connectivity index (χ2n) is 3.79. The fourth-order valence-corrected chi connectivity index (χ4v) is 1.97. The van der Waals surface area contributed by atoms with Crippen molar-refractivity contribution in [3.8, 4) is 0 Å². The summed E-state index contributed by atoms with van der Waals surface area (Å²) >= 11 is 5.80. The van der Waals surface area contributed by atoms with Gasteiger partial charge in [-0.3, -0.25) is 4.79 Å². The molecule has 0 radical (unpaired) electrons. The molecule has 2 rings (SSSR count).